The highest BCUT2D eigenvalue weighted by atomic mass is 35.5. The summed E-state index contributed by atoms with van der Waals surface area (Å²) in [5.41, 5.74) is 2.52. The molecule has 0 amide bonds. The van der Waals surface area contributed by atoms with Crippen LogP contribution in [0.5, 0.6) is 0 Å². The van der Waals surface area contributed by atoms with Crippen LogP contribution in [0.2, 0.25) is 5.02 Å². The summed E-state index contributed by atoms with van der Waals surface area (Å²) in [6.45, 7) is 3.38. The van der Waals surface area contributed by atoms with Gasteiger partial charge in [-0.3, -0.25) is 4.90 Å². The maximum atomic E-state index is 13.5. The minimum absolute atomic E-state index is 0.336. The molecular formula is C24H24ClFN4. The number of fused-ring (bicyclic) bond motifs is 1. The van der Waals surface area contributed by atoms with Crippen LogP contribution in [0.3, 0.4) is 0 Å². The molecule has 4 nitrogen and oxygen atoms in total. The number of aromatic nitrogens is 2. The van der Waals surface area contributed by atoms with Crippen molar-refractivity contribution in [3.63, 3.8) is 0 Å². The molecule has 1 aliphatic heterocycles. The van der Waals surface area contributed by atoms with E-state index in [1.807, 2.05) is 12.1 Å². The quantitative estimate of drug-likeness (QED) is 0.609. The van der Waals surface area contributed by atoms with Gasteiger partial charge in [0.15, 0.2) is 0 Å². The molecule has 5 rings (SSSR count). The molecule has 1 aromatic heterocycles. The van der Waals surface area contributed by atoms with Crippen LogP contribution >= 0.6 is 11.6 Å². The fourth-order valence-electron chi connectivity index (χ4n) is 4.94. The zero-order chi connectivity index (χ0) is 20.5. The standard InChI is InChI=1S/C24H24ClFN4/c25-22-7-6-19(26)12-21(22)23-8-9-24(29-28-23)27-20-10-17-14-30(15-18(17)11-20)13-16-4-2-1-3-5-16/h1-9,12,17-18,20H,10-11,13-15H2,(H,27,29)/t17-,18+,20-. The lowest BCUT2D eigenvalue weighted by atomic mass is 10.0. The van der Waals surface area contributed by atoms with Crippen LogP contribution in [-0.4, -0.2) is 34.2 Å². The lowest BCUT2D eigenvalue weighted by Gasteiger charge is -2.20. The molecule has 3 aromatic rings. The molecule has 1 saturated heterocycles. The van der Waals surface area contributed by atoms with Crippen LogP contribution in [0, 0.1) is 17.7 Å². The molecule has 0 bridgehead atoms. The van der Waals surface area contributed by atoms with Gasteiger partial charge in [0.2, 0.25) is 0 Å². The molecule has 0 spiro atoms. The first kappa shape index (κ1) is 19.5. The van der Waals surface area contributed by atoms with Crippen molar-refractivity contribution in [2.45, 2.75) is 25.4 Å². The number of anilines is 1. The molecule has 0 radical (unpaired) electrons. The molecule has 154 valence electrons. The normalized spacial score (nSPS) is 23.5. The SMILES string of the molecule is Fc1ccc(Cl)c(-c2ccc(N[C@@H]3C[C@@H]4CN(Cc5ccccc5)C[C@@H]4C3)nn2)c1. The maximum absolute atomic E-state index is 13.5. The van der Waals surface area contributed by atoms with Crippen LogP contribution in [0.15, 0.2) is 60.7 Å². The summed E-state index contributed by atoms with van der Waals surface area (Å²) in [6.07, 6.45) is 2.32. The Bertz CT molecular complexity index is 997. The number of nitrogens with one attached hydrogen (secondary N) is 1. The number of nitrogens with zero attached hydrogens (tertiary/aromatic N) is 3. The van der Waals surface area contributed by atoms with E-state index < -0.39 is 0 Å². The van der Waals surface area contributed by atoms with E-state index in [1.54, 1.807) is 6.07 Å². The van der Waals surface area contributed by atoms with Gasteiger partial charge in [-0.1, -0.05) is 41.9 Å². The summed E-state index contributed by atoms with van der Waals surface area (Å²) in [6, 6.07) is 19.1. The van der Waals surface area contributed by atoms with Crippen LogP contribution in [0.4, 0.5) is 10.2 Å². The molecule has 6 heteroatoms. The first-order chi connectivity index (χ1) is 14.6. The zero-order valence-electron chi connectivity index (χ0n) is 16.6. The Morgan fingerprint density at radius 1 is 0.967 bits per heavy atom. The number of likely N-dealkylation sites (tertiary alicyclic amines) is 1. The zero-order valence-corrected chi connectivity index (χ0v) is 17.4. The van der Waals surface area contributed by atoms with Gasteiger partial charge in [0, 0.05) is 31.2 Å². The molecule has 3 atom stereocenters. The third-order valence-corrected chi connectivity index (χ3v) is 6.63. The van der Waals surface area contributed by atoms with Crippen molar-refractivity contribution in [2.24, 2.45) is 11.8 Å². The molecule has 1 N–H and O–H groups in total. The Labute approximate surface area is 181 Å². The number of hydrogen-bond acceptors (Lipinski definition) is 4. The summed E-state index contributed by atoms with van der Waals surface area (Å²) < 4.78 is 13.5. The highest BCUT2D eigenvalue weighted by Crippen LogP contribution is 2.39. The summed E-state index contributed by atoms with van der Waals surface area (Å²) in [4.78, 5) is 2.58. The minimum atomic E-state index is -0.336. The second-order valence-electron chi connectivity index (χ2n) is 8.44. The smallest absolute Gasteiger partial charge is 0.148 e. The highest BCUT2D eigenvalue weighted by molar-refractivity contribution is 6.33. The highest BCUT2D eigenvalue weighted by Gasteiger charge is 2.40. The van der Waals surface area contributed by atoms with E-state index in [1.165, 1.54) is 30.8 Å². The van der Waals surface area contributed by atoms with Gasteiger partial charge >= 0.3 is 0 Å². The van der Waals surface area contributed by atoms with Crippen LogP contribution in [0.1, 0.15) is 18.4 Å². The van der Waals surface area contributed by atoms with Gasteiger partial charge in [-0.25, -0.2) is 4.39 Å². The van der Waals surface area contributed by atoms with Crippen LogP contribution < -0.4 is 5.32 Å². The van der Waals surface area contributed by atoms with E-state index in [0.29, 0.717) is 22.3 Å². The van der Waals surface area contributed by atoms with Crippen molar-refractivity contribution in [3.05, 3.63) is 77.1 Å². The predicted octanol–water partition coefficient (Wildman–Crippen LogP) is 5.26. The third kappa shape index (κ3) is 4.18. The van der Waals surface area contributed by atoms with E-state index >= 15 is 0 Å². The van der Waals surface area contributed by atoms with Gasteiger partial charge in [0.1, 0.15) is 11.6 Å². The van der Waals surface area contributed by atoms with Gasteiger partial charge in [0.05, 0.1) is 10.7 Å². The van der Waals surface area contributed by atoms with E-state index in [4.69, 9.17) is 11.6 Å². The van der Waals surface area contributed by atoms with Crippen LogP contribution in [0.25, 0.3) is 11.3 Å². The minimum Gasteiger partial charge on any atom is -0.366 e. The number of rotatable bonds is 5. The van der Waals surface area contributed by atoms with Crippen molar-refractivity contribution in [1.82, 2.24) is 15.1 Å². The Kier molecular flexibility index (Phi) is 5.40. The van der Waals surface area contributed by atoms with E-state index in [9.17, 15) is 4.39 Å². The third-order valence-electron chi connectivity index (χ3n) is 6.30. The van der Waals surface area contributed by atoms with Gasteiger partial charge < -0.3 is 5.32 Å². The Balaban J connectivity index is 1.17. The average Bonchev–Trinajstić information content (AvgIpc) is 3.29. The lowest BCUT2D eigenvalue weighted by molar-refractivity contribution is 0.301. The van der Waals surface area contributed by atoms with Gasteiger partial charge in [-0.15, -0.1) is 10.2 Å². The number of benzene rings is 2. The summed E-state index contributed by atoms with van der Waals surface area (Å²) >= 11 is 6.17. The van der Waals surface area contributed by atoms with Gasteiger partial charge in [-0.05, 0) is 60.6 Å². The predicted molar refractivity (Wildman–Crippen MR) is 118 cm³/mol. The topological polar surface area (TPSA) is 41.0 Å². The summed E-state index contributed by atoms with van der Waals surface area (Å²) in [7, 11) is 0. The van der Waals surface area contributed by atoms with Crippen molar-refractivity contribution >= 4 is 17.4 Å². The molecule has 0 unspecified atom stereocenters. The van der Waals surface area contributed by atoms with Crippen LogP contribution in [-0.2, 0) is 6.54 Å². The Morgan fingerprint density at radius 2 is 1.73 bits per heavy atom. The second kappa shape index (κ2) is 8.32. The molecule has 2 aromatic carbocycles. The molecule has 2 heterocycles. The summed E-state index contributed by atoms with van der Waals surface area (Å²) in [5, 5.41) is 12.6. The first-order valence-corrected chi connectivity index (χ1v) is 10.8. The molecule has 2 aliphatic rings. The van der Waals surface area contributed by atoms with E-state index in [2.05, 4.69) is 50.7 Å². The van der Waals surface area contributed by atoms with Crippen molar-refractivity contribution in [3.8, 4) is 11.3 Å². The molecule has 2 fully saturated rings. The average molecular weight is 423 g/mol. The van der Waals surface area contributed by atoms with Crippen molar-refractivity contribution in [1.29, 1.82) is 0 Å². The monoisotopic (exact) mass is 422 g/mol. The second-order valence-corrected chi connectivity index (χ2v) is 8.85. The van der Waals surface area contributed by atoms with E-state index in [0.717, 1.165) is 37.0 Å². The molecule has 1 aliphatic carbocycles. The lowest BCUT2D eigenvalue weighted by Crippen LogP contribution is -2.25. The van der Waals surface area contributed by atoms with Crippen molar-refractivity contribution in [2.75, 3.05) is 18.4 Å². The maximum Gasteiger partial charge on any atom is 0.148 e. The summed E-state index contributed by atoms with van der Waals surface area (Å²) in [5.74, 6) is 1.91. The van der Waals surface area contributed by atoms with E-state index in [-0.39, 0.29) is 5.82 Å². The number of hydrogen-bond donors (Lipinski definition) is 1. The molecular weight excluding hydrogens is 399 g/mol. The Morgan fingerprint density at radius 3 is 2.43 bits per heavy atom. The molecule has 1 saturated carbocycles. The van der Waals surface area contributed by atoms with Gasteiger partial charge in [-0.2, -0.15) is 0 Å². The number of halogens is 2. The fraction of sp³-hybridized carbons (Fsp3) is 0.333. The molecule has 30 heavy (non-hydrogen) atoms. The van der Waals surface area contributed by atoms with Gasteiger partial charge in [0.25, 0.3) is 0 Å². The van der Waals surface area contributed by atoms with Crippen molar-refractivity contribution < 1.29 is 4.39 Å². The fourth-order valence-corrected chi connectivity index (χ4v) is 5.16. The first-order valence-electron chi connectivity index (χ1n) is 10.5. The Hall–Kier alpha value is -2.50. The largest absolute Gasteiger partial charge is 0.366 e.